The van der Waals surface area contributed by atoms with Gasteiger partial charge in [0.15, 0.2) is 0 Å². The highest BCUT2D eigenvalue weighted by Gasteiger charge is 2.18. The van der Waals surface area contributed by atoms with Gasteiger partial charge in [0.25, 0.3) is 5.91 Å². The number of hydrogen-bond donors (Lipinski definition) is 3. The smallest absolute Gasteiger partial charge is 0.267 e. The number of rotatable bonds is 4. The molecule has 0 radical (unpaired) electrons. The van der Waals surface area contributed by atoms with Crippen LogP contribution in [-0.2, 0) is 0 Å². The van der Waals surface area contributed by atoms with Crippen LogP contribution in [0.5, 0.6) is 0 Å². The van der Waals surface area contributed by atoms with Crippen LogP contribution in [0.4, 0.5) is 5.69 Å². The van der Waals surface area contributed by atoms with E-state index >= 15 is 0 Å². The molecule has 2 rings (SSSR count). The van der Waals surface area contributed by atoms with Crippen LogP contribution in [0, 0.1) is 0 Å². The zero-order valence-corrected chi connectivity index (χ0v) is 12.2. The van der Waals surface area contributed by atoms with E-state index in [-0.39, 0.29) is 10.7 Å². The number of hydrogen-bond acceptors (Lipinski definition) is 3. The fourth-order valence-electron chi connectivity index (χ4n) is 1.73. The van der Waals surface area contributed by atoms with Crippen LogP contribution in [0.3, 0.4) is 0 Å². The standard InChI is InChI=1S/C14H19N3OS/c1-14(2,19-3)8-16-13(18)12-7-9-6-10(15)4-5-11(9)17-12/h4-7,17H,8,15H2,1-3H3,(H,16,18). The van der Waals surface area contributed by atoms with Gasteiger partial charge in [-0.1, -0.05) is 0 Å². The molecule has 102 valence electrons. The SMILES string of the molecule is CSC(C)(C)CNC(=O)c1cc2cc(N)ccc2[nH]1. The van der Waals surface area contributed by atoms with E-state index in [1.807, 2.05) is 30.5 Å². The number of anilines is 1. The minimum atomic E-state index is -0.0862. The van der Waals surface area contributed by atoms with Crippen molar-refractivity contribution in [3.63, 3.8) is 0 Å². The molecule has 1 aromatic carbocycles. The first-order valence-electron chi connectivity index (χ1n) is 6.13. The lowest BCUT2D eigenvalue weighted by atomic mass is 10.2. The van der Waals surface area contributed by atoms with Crippen LogP contribution in [0.25, 0.3) is 10.9 Å². The molecule has 0 aliphatic rings. The normalized spacial score (nSPS) is 11.7. The first-order chi connectivity index (χ1) is 8.91. The maximum absolute atomic E-state index is 12.1. The van der Waals surface area contributed by atoms with Gasteiger partial charge in [-0.3, -0.25) is 4.79 Å². The number of carbonyl (C=O) groups is 1. The van der Waals surface area contributed by atoms with Gasteiger partial charge in [-0.25, -0.2) is 0 Å². The summed E-state index contributed by atoms with van der Waals surface area (Å²) in [7, 11) is 0. The Morgan fingerprint density at radius 2 is 2.16 bits per heavy atom. The highest BCUT2D eigenvalue weighted by Crippen LogP contribution is 2.21. The summed E-state index contributed by atoms with van der Waals surface area (Å²) in [4.78, 5) is 15.2. The van der Waals surface area contributed by atoms with Crippen LogP contribution < -0.4 is 11.1 Å². The Kier molecular flexibility index (Phi) is 3.75. The minimum Gasteiger partial charge on any atom is -0.399 e. The second-order valence-corrected chi connectivity index (χ2v) is 6.69. The lowest BCUT2D eigenvalue weighted by Gasteiger charge is -2.21. The minimum absolute atomic E-state index is 0.0338. The number of carbonyl (C=O) groups excluding carboxylic acids is 1. The number of aromatic amines is 1. The molecule has 1 aromatic heterocycles. The summed E-state index contributed by atoms with van der Waals surface area (Å²) in [5.41, 5.74) is 7.91. The number of thioether (sulfide) groups is 1. The number of nitrogen functional groups attached to an aromatic ring is 1. The highest BCUT2D eigenvalue weighted by molar-refractivity contribution is 7.99. The molecule has 1 amide bonds. The Balaban J connectivity index is 2.13. The largest absolute Gasteiger partial charge is 0.399 e. The van der Waals surface area contributed by atoms with Crippen molar-refractivity contribution in [1.82, 2.24) is 10.3 Å². The van der Waals surface area contributed by atoms with Crippen LogP contribution in [0.2, 0.25) is 0 Å². The van der Waals surface area contributed by atoms with Gasteiger partial charge in [-0.05, 0) is 44.4 Å². The van der Waals surface area contributed by atoms with Crippen LogP contribution in [0.1, 0.15) is 24.3 Å². The molecule has 0 fully saturated rings. The second kappa shape index (κ2) is 5.17. The van der Waals surface area contributed by atoms with E-state index in [0.717, 1.165) is 10.9 Å². The average molecular weight is 277 g/mol. The van der Waals surface area contributed by atoms with Crippen molar-refractivity contribution in [3.05, 3.63) is 30.0 Å². The third kappa shape index (κ3) is 3.23. The maximum Gasteiger partial charge on any atom is 0.267 e. The van der Waals surface area contributed by atoms with Gasteiger partial charge in [0, 0.05) is 27.9 Å². The predicted octanol–water partition coefficient (Wildman–Crippen LogP) is 2.62. The topological polar surface area (TPSA) is 70.9 Å². The fourth-order valence-corrected chi connectivity index (χ4v) is 1.95. The van der Waals surface area contributed by atoms with E-state index in [9.17, 15) is 4.79 Å². The zero-order chi connectivity index (χ0) is 14.0. The molecule has 0 atom stereocenters. The van der Waals surface area contributed by atoms with Crippen LogP contribution >= 0.6 is 11.8 Å². The van der Waals surface area contributed by atoms with E-state index < -0.39 is 0 Å². The van der Waals surface area contributed by atoms with Gasteiger partial charge < -0.3 is 16.0 Å². The lowest BCUT2D eigenvalue weighted by molar-refractivity contribution is 0.0946. The van der Waals surface area contributed by atoms with E-state index in [1.165, 1.54) is 0 Å². The summed E-state index contributed by atoms with van der Waals surface area (Å²) in [6.45, 7) is 4.83. The molecule has 0 saturated carbocycles. The molecule has 4 N–H and O–H groups in total. The molecule has 4 nitrogen and oxygen atoms in total. The molecule has 5 heteroatoms. The molecule has 0 spiro atoms. The highest BCUT2D eigenvalue weighted by atomic mass is 32.2. The van der Waals surface area contributed by atoms with Crippen molar-refractivity contribution >= 4 is 34.3 Å². The molecule has 0 aliphatic carbocycles. The molecule has 1 heterocycles. The Morgan fingerprint density at radius 1 is 1.42 bits per heavy atom. The summed E-state index contributed by atoms with van der Waals surface area (Å²) >= 11 is 1.73. The van der Waals surface area contributed by atoms with E-state index in [2.05, 4.69) is 24.1 Å². The molecule has 0 saturated heterocycles. The molecule has 19 heavy (non-hydrogen) atoms. The van der Waals surface area contributed by atoms with E-state index in [4.69, 9.17) is 5.73 Å². The van der Waals surface area contributed by atoms with Gasteiger partial charge in [0.1, 0.15) is 5.69 Å². The summed E-state index contributed by atoms with van der Waals surface area (Å²) in [5.74, 6) is -0.0862. The van der Waals surface area contributed by atoms with Gasteiger partial charge in [0.05, 0.1) is 0 Å². The molecular formula is C14H19N3OS. The van der Waals surface area contributed by atoms with Crippen LogP contribution in [0.15, 0.2) is 24.3 Å². The first-order valence-corrected chi connectivity index (χ1v) is 7.35. The number of H-pyrrole nitrogens is 1. The van der Waals surface area contributed by atoms with E-state index in [1.54, 1.807) is 11.8 Å². The first kappa shape index (κ1) is 13.8. The van der Waals surface area contributed by atoms with Crippen molar-refractivity contribution < 1.29 is 4.79 Å². The van der Waals surface area contributed by atoms with Crippen molar-refractivity contribution in [3.8, 4) is 0 Å². The average Bonchev–Trinajstić information content (AvgIpc) is 2.79. The number of nitrogens with two attached hydrogens (primary N) is 1. The summed E-state index contributed by atoms with van der Waals surface area (Å²) in [6.07, 6.45) is 2.04. The van der Waals surface area contributed by atoms with Crippen molar-refractivity contribution in [2.75, 3.05) is 18.5 Å². The van der Waals surface area contributed by atoms with Crippen LogP contribution in [-0.4, -0.2) is 28.4 Å². The van der Waals surface area contributed by atoms with Gasteiger partial charge >= 0.3 is 0 Å². The Bertz CT molecular complexity index is 604. The second-order valence-electron chi connectivity index (χ2n) is 5.18. The molecule has 2 aromatic rings. The molecule has 0 bridgehead atoms. The maximum atomic E-state index is 12.1. The van der Waals surface area contributed by atoms with Crippen molar-refractivity contribution in [2.45, 2.75) is 18.6 Å². The molecular weight excluding hydrogens is 258 g/mol. The number of nitrogens with one attached hydrogen (secondary N) is 2. The zero-order valence-electron chi connectivity index (χ0n) is 11.4. The number of fused-ring (bicyclic) bond motifs is 1. The third-order valence-corrected chi connectivity index (χ3v) is 4.37. The monoisotopic (exact) mass is 277 g/mol. The number of aromatic nitrogens is 1. The molecule has 0 aliphatic heterocycles. The predicted molar refractivity (Wildman–Crippen MR) is 82.6 cm³/mol. The summed E-state index contributed by atoms with van der Waals surface area (Å²) < 4.78 is 0.0338. The Hall–Kier alpha value is -1.62. The lowest BCUT2D eigenvalue weighted by Crippen LogP contribution is -2.36. The third-order valence-electron chi connectivity index (χ3n) is 3.12. The number of benzene rings is 1. The van der Waals surface area contributed by atoms with Crippen molar-refractivity contribution in [1.29, 1.82) is 0 Å². The van der Waals surface area contributed by atoms with Gasteiger partial charge in [0.2, 0.25) is 0 Å². The number of amides is 1. The van der Waals surface area contributed by atoms with Gasteiger partial charge in [-0.2, -0.15) is 11.8 Å². The van der Waals surface area contributed by atoms with E-state index in [0.29, 0.717) is 17.9 Å². The summed E-state index contributed by atoms with van der Waals surface area (Å²) in [5, 5.41) is 3.90. The quantitative estimate of drug-likeness (QED) is 0.752. The Morgan fingerprint density at radius 3 is 2.84 bits per heavy atom. The fraction of sp³-hybridized carbons (Fsp3) is 0.357. The molecule has 0 unspecified atom stereocenters. The van der Waals surface area contributed by atoms with Gasteiger partial charge in [-0.15, -0.1) is 0 Å². The Labute approximate surface area is 117 Å². The summed E-state index contributed by atoms with van der Waals surface area (Å²) in [6, 6.07) is 7.38. The van der Waals surface area contributed by atoms with Crippen molar-refractivity contribution in [2.24, 2.45) is 0 Å².